The number of carbonyl (C=O) groups excluding carboxylic acids is 1. The van der Waals surface area contributed by atoms with Crippen LogP contribution in [0.25, 0.3) is 10.9 Å². The SMILES string of the molecule is Cc1ccc2[nH]ncc2c1NC(=O)c1cnc(Nc2cc(C)n(CC#N)n2)s1. The molecule has 1 amide bonds. The van der Waals surface area contributed by atoms with Crippen LogP contribution in [-0.2, 0) is 6.54 Å². The molecule has 0 aliphatic rings. The Morgan fingerprint density at radius 3 is 3.04 bits per heavy atom. The fraction of sp³-hybridized carbons (Fsp3) is 0.167. The second kappa shape index (κ2) is 7.13. The Balaban J connectivity index is 1.52. The third kappa shape index (κ3) is 3.30. The first-order chi connectivity index (χ1) is 13.5. The molecule has 0 aliphatic heterocycles. The third-order valence-corrected chi connectivity index (χ3v) is 5.15. The summed E-state index contributed by atoms with van der Waals surface area (Å²) in [6.45, 7) is 3.98. The van der Waals surface area contributed by atoms with Crippen molar-refractivity contribution in [1.82, 2.24) is 25.0 Å². The minimum atomic E-state index is -0.242. The van der Waals surface area contributed by atoms with Crippen LogP contribution in [0.1, 0.15) is 20.9 Å². The van der Waals surface area contributed by atoms with Gasteiger partial charge in [-0.05, 0) is 25.5 Å². The molecule has 3 heterocycles. The van der Waals surface area contributed by atoms with Gasteiger partial charge in [0.2, 0.25) is 0 Å². The van der Waals surface area contributed by atoms with Gasteiger partial charge in [-0.25, -0.2) is 4.98 Å². The van der Waals surface area contributed by atoms with Crippen molar-refractivity contribution >= 4 is 44.8 Å². The second-order valence-electron chi connectivity index (χ2n) is 6.18. The van der Waals surface area contributed by atoms with E-state index >= 15 is 0 Å². The standard InChI is InChI=1S/C18H16N8OS/c1-10-3-4-13-12(8-21-24-13)16(10)23-17(27)14-9-20-18(28-14)22-15-7-11(2)26(25-15)6-5-19/h3-4,7-9H,6H2,1-2H3,(H,21,24)(H,23,27)(H,20,22,25). The van der Waals surface area contributed by atoms with E-state index in [1.165, 1.54) is 17.5 Å². The molecule has 28 heavy (non-hydrogen) atoms. The van der Waals surface area contributed by atoms with E-state index in [1.54, 1.807) is 10.9 Å². The van der Waals surface area contributed by atoms with E-state index < -0.39 is 0 Å². The smallest absolute Gasteiger partial charge is 0.267 e. The number of rotatable bonds is 5. The average molecular weight is 392 g/mol. The van der Waals surface area contributed by atoms with E-state index in [0.717, 1.165) is 27.8 Å². The van der Waals surface area contributed by atoms with Gasteiger partial charge in [0.05, 0.1) is 29.7 Å². The van der Waals surface area contributed by atoms with Crippen LogP contribution in [-0.4, -0.2) is 30.9 Å². The Labute approximate surface area is 164 Å². The molecule has 10 heteroatoms. The van der Waals surface area contributed by atoms with E-state index in [2.05, 4.69) is 37.0 Å². The zero-order valence-electron chi connectivity index (χ0n) is 15.1. The highest BCUT2D eigenvalue weighted by atomic mass is 32.1. The lowest BCUT2D eigenvalue weighted by Gasteiger charge is -2.08. The summed E-state index contributed by atoms with van der Waals surface area (Å²) in [5, 5.41) is 27.5. The van der Waals surface area contributed by atoms with Gasteiger partial charge in [-0.2, -0.15) is 15.5 Å². The Morgan fingerprint density at radius 1 is 1.36 bits per heavy atom. The second-order valence-corrected chi connectivity index (χ2v) is 7.21. The largest absolute Gasteiger partial charge is 0.320 e. The van der Waals surface area contributed by atoms with Crippen molar-refractivity contribution in [2.24, 2.45) is 0 Å². The third-order valence-electron chi connectivity index (χ3n) is 4.24. The van der Waals surface area contributed by atoms with Crippen LogP contribution < -0.4 is 10.6 Å². The lowest BCUT2D eigenvalue weighted by atomic mass is 10.1. The van der Waals surface area contributed by atoms with Crippen LogP contribution in [0.3, 0.4) is 0 Å². The number of carbonyl (C=O) groups is 1. The lowest BCUT2D eigenvalue weighted by Crippen LogP contribution is -2.11. The molecule has 0 aliphatic carbocycles. The van der Waals surface area contributed by atoms with Crippen molar-refractivity contribution in [3.8, 4) is 6.07 Å². The molecular weight excluding hydrogens is 376 g/mol. The summed E-state index contributed by atoms with van der Waals surface area (Å²) >= 11 is 1.22. The van der Waals surface area contributed by atoms with Crippen LogP contribution in [0.15, 0.2) is 30.6 Å². The maximum Gasteiger partial charge on any atom is 0.267 e. The minimum absolute atomic E-state index is 0.179. The highest BCUT2D eigenvalue weighted by molar-refractivity contribution is 7.17. The normalized spacial score (nSPS) is 10.8. The van der Waals surface area contributed by atoms with Crippen molar-refractivity contribution in [2.75, 3.05) is 10.6 Å². The fourth-order valence-corrected chi connectivity index (χ4v) is 3.53. The van der Waals surface area contributed by atoms with E-state index in [0.29, 0.717) is 15.8 Å². The number of aromatic nitrogens is 5. The summed E-state index contributed by atoms with van der Waals surface area (Å²) in [5.74, 6) is 0.335. The molecule has 3 N–H and O–H groups in total. The monoisotopic (exact) mass is 392 g/mol. The molecule has 0 fully saturated rings. The molecular formula is C18H16N8OS. The molecule has 0 unspecified atom stereocenters. The zero-order chi connectivity index (χ0) is 19.7. The average Bonchev–Trinajstić information content (AvgIpc) is 3.39. The van der Waals surface area contributed by atoms with E-state index in [9.17, 15) is 4.79 Å². The Kier molecular flexibility index (Phi) is 4.50. The molecule has 1 aromatic carbocycles. The number of benzene rings is 1. The van der Waals surface area contributed by atoms with Gasteiger partial charge in [0.1, 0.15) is 11.4 Å². The number of aryl methyl sites for hydroxylation is 2. The van der Waals surface area contributed by atoms with Crippen molar-refractivity contribution in [1.29, 1.82) is 5.26 Å². The quantitative estimate of drug-likeness (QED) is 0.478. The van der Waals surface area contributed by atoms with Crippen molar-refractivity contribution in [3.05, 3.63) is 46.7 Å². The Hall–Kier alpha value is -3.71. The number of hydrogen-bond acceptors (Lipinski definition) is 7. The molecule has 0 saturated carbocycles. The predicted octanol–water partition coefficient (Wildman–Crippen LogP) is 3.35. The predicted molar refractivity (Wildman–Crippen MR) is 107 cm³/mol. The lowest BCUT2D eigenvalue weighted by molar-refractivity contribution is 0.103. The number of H-pyrrole nitrogens is 1. The van der Waals surface area contributed by atoms with E-state index in [1.807, 2.05) is 32.0 Å². The summed E-state index contributed by atoms with van der Waals surface area (Å²) in [7, 11) is 0. The number of thiazole rings is 1. The molecule has 0 saturated heterocycles. The number of nitriles is 1. The molecule has 4 rings (SSSR count). The number of fused-ring (bicyclic) bond motifs is 1. The first-order valence-electron chi connectivity index (χ1n) is 8.43. The van der Waals surface area contributed by atoms with E-state index in [4.69, 9.17) is 5.26 Å². The molecule has 0 spiro atoms. The van der Waals surface area contributed by atoms with Gasteiger partial charge < -0.3 is 10.6 Å². The van der Waals surface area contributed by atoms with Gasteiger partial charge in [0, 0.05) is 17.1 Å². The van der Waals surface area contributed by atoms with Crippen LogP contribution >= 0.6 is 11.3 Å². The summed E-state index contributed by atoms with van der Waals surface area (Å²) in [4.78, 5) is 17.4. The fourth-order valence-electron chi connectivity index (χ4n) is 2.81. The maximum atomic E-state index is 12.7. The van der Waals surface area contributed by atoms with Crippen molar-refractivity contribution in [3.63, 3.8) is 0 Å². The number of nitrogens with one attached hydrogen (secondary N) is 3. The van der Waals surface area contributed by atoms with Gasteiger partial charge in [-0.1, -0.05) is 17.4 Å². The van der Waals surface area contributed by atoms with Gasteiger partial charge >= 0.3 is 0 Å². The molecule has 3 aromatic heterocycles. The summed E-state index contributed by atoms with van der Waals surface area (Å²) in [6, 6.07) is 7.73. The highest BCUT2D eigenvalue weighted by Crippen LogP contribution is 2.28. The zero-order valence-corrected chi connectivity index (χ0v) is 16.0. The Morgan fingerprint density at radius 2 is 2.21 bits per heavy atom. The van der Waals surface area contributed by atoms with Gasteiger partial charge in [0.15, 0.2) is 10.9 Å². The van der Waals surface area contributed by atoms with Crippen LogP contribution in [0.4, 0.5) is 16.6 Å². The number of amides is 1. The van der Waals surface area contributed by atoms with Gasteiger partial charge in [-0.3, -0.25) is 14.6 Å². The molecule has 0 bridgehead atoms. The summed E-state index contributed by atoms with van der Waals surface area (Å²) in [6.07, 6.45) is 3.21. The van der Waals surface area contributed by atoms with Gasteiger partial charge in [-0.15, -0.1) is 0 Å². The topological polar surface area (TPSA) is 124 Å². The highest BCUT2D eigenvalue weighted by Gasteiger charge is 2.15. The number of anilines is 3. The first kappa shape index (κ1) is 17.7. The number of aromatic amines is 1. The van der Waals surface area contributed by atoms with E-state index in [-0.39, 0.29) is 12.5 Å². The summed E-state index contributed by atoms with van der Waals surface area (Å²) < 4.78 is 1.60. The van der Waals surface area contributed by atoms with Crippen molar-refractivity contribution < 1.29 is 4.79 Å². The van der Waals surface area contributed by atoms with Crippen LogP contribution in [0, 0.1) is 25.2 Å². The van der Waals surface area contributed by atoms with Crippen LogP contribution in [0.2, 0.25) is 0 Å². The van der Waals surface area contributed by atoms with Crippen molar-refractivity contribution in [2.45, 2.75) is 20.4 Å². The van der Waals surface area contributed by atoms with Crippen LogP contribution in [0.5, 0.6) is 0 Å². The minimum Gasteiger partial charge on any atom is -0.320 e. The number of hydrogen-bond donors (Lipinski definition) is 3. The first-order valence-corrected chi connectivity index (χ1v) is 9.25. The molecule has 140 valence electrons. The number of nitrogens with zero attached hydrogens (tertiary/aromatic N) is 5. The molecule has 0 atom stereocenters. The maximum absolute atomic E-state index is 12.7. The van der Waals surface area contributed by atoms with Gasteiger partial charge in [0.25, 0.3) is 5.91 Å². The Bertz CT molecular complexity index is 1210. The molecule has 9 nitrogen and oxygen atoms in total. The summed E-state index contributed by atoms with van der Waals surface area (Å²) in [5.41, 5.74) is 3.40. The molecule has 4 aromatic rings. The molecule has 0 radical (unpaired) electrons.